The maximum absolute atomic E-state index is 12.2. The Hall–Kier alpha value is -1.92. The SMILES string of the molecule is CC(CN)(NC(=O)CCc1nc(-c2ccc(Cl)cc2)no1)C1CC1. The molecule has 128 valence electrons. The first-order chi connectivity index (χ1) is 11.5. The quantitative estimate of drug-likeness (QED) is 0.802. The summed E-state index contributed by atoms with van der Waals surface area (Å²) in [6.07, 6.45) is 2.95. The zero-order valence-corrected chi connectivity index (χ0v) is 14.3. The third kappa shape index (κ3) is 3.94. The molecule has 0 bridgehead atoms. The summed E-state index contributed by atoms with van der Waals surface area (Å²) in [5, 5.41) is 7.64. The molecular weight excluding hydrogens is 328 g/mol. The van der Waals surface area contributed by atoms with Gasteiger partial charge in [0.2, 0.25) is 17.6 Å². The Kier molecular flexibility index (Phi) is 4.87. The van der Waals surface area contributed by atoms with Gasteiger partial charge in [0.15, 0.2) is 0 Å². The molecule has 0 spiro atoms. The van der Waals surface area contributed by atoms with Crippen LogP contribution < -0.4 is 11.1 Å². The molecule has 0 saturated heterocycles. The van der Waals surface area contributed by atoms with Crippen molar-refractivity contribution in [2.24, 2.45) is 11.7 Å². The first-order valence-electron chi connectivity index (χ1n) is 8.10. The lowest BCUT2D eigenvalue weighted by atomic mass is 9.95. The molecule has 6 nitrogen and oxygen atoms in total. The van der Waals surface area contributed by atoms with E-state index in [1.54, 1.807) is 12.1 Å². The van der Waals surface area contributed by atoms with Crippen LogP contribution >= 0.6 is 11.6 Å². The van der Waals surface area contributed by atoms with Crippen LogP contribution in [0.25, 0.3) is 11.4 Å². The number of benzene rings is 1. The molecule has 1 aliphatic carbocycles. The lowest BCUT2D eigenvalue weighted by Crippen LogP contribution is -2.53. The molecule has 1 amide bonds. The molecule has 1 saturated carbocycles. The number of halogens is 1. The third-order valence-electron chi connectivity index (χ3n) is 4.46. The number of nitrogens with two attached hydrogens (primary N) is 1. The number of amides is 1. The van der Waals surface area contributed by atoms with Gasteiger partial charge in [-0.15, -0.1) is 0 Å². The Morgan fingerprint density at radius 3 is 2.75 bits per heavy atom. The highest BCUT2D eigenvalue weighted by molar-refractivity contribution is 6.30. The molecule has 1 aliphatic rings. The predicted octanol–water partition coefficient (Wildman–Crippen LogP) is 2.57. The number of nitrogens with one attached hydrogen (secondary N) is 1. The van der Waals surface area contributed by atoms with Crippen LogP contribution in [-0.2, 0) is 11.2 Å². The highest BCUT2D eigenvalue weighted by atomic mass is 35.5. The lowest BCUT2D eigenvalue weighted by molar-refractivity contribution is -0.123. The highest BCUT2D eigenvalue weighted by Gasteiger charge is 2.41. The van der Waals surface area contributed by atoms with E-state index < -0.39 is 0 Å². The van der Waals surface area contributed by atoms with Gasteiger partial charge in [0.05, 0.1) is 5.54 Å². The topological polar surface area (TPSA) is 94.0 Å². The molecule has 2 aromatic rings. The predicted molar refractivity (Wildman–Crippen MR) is 91.4 cm³/mol. The molecule has 3 N–H and O–H groups in total. The monoisotopic (exact) mass is 348 g/mol. The van der Waals surface area contributed by atoms with E-state index in [9.17, 15) is 4.79 Å². The molecule has 1 aromatic heterocycles. The molecule has 24 heavy (non-hydrogen) atoms. The first kappa shape index (κ1) is 16.9. The number of aryl methyl sites for hydroxylation is 1. The summed E-state index contributed by atoms with van der Waals surface area (Å²) >= 11 is 5.86. The molecule has 1 atom stereocenters. The summed E-state index contributed by atoms with van der Waals surface area (Å²) in [6, 6.07) is 7.19. The van der Waals surface area contributed by atoms with Gasteiger partial charge in [0.1, 0.15) is 0 Å². The summed E-state index contributed by atoms with van der Waals surface area (Å²) in [4.78, 5) is 16.5. The van der Waals surface area contributed by atoms with Crippen molar-refractivity contribution in [1.82, 2.24) is 15.5 Å². The second-order valence-corrected chi connectivity index (χ2v) is 6.90. The Morgan fingerprint density at radius 2 is 2.12 bits per heavy atom. The summed E-state index contributed by atoms with van der Waals surface area (Å²) in [5.41, 5.74) is 6.33. The van der Waals surface area contributed by atoms with Crippen LogP contribution in [0.3, 0.4) is 0 Å². The zero-order chi connectivity index (χ0) is 17.2. The molecule has 1 unspecified atom stereocenters. The van der Waals surface area contributed by atoms with Gasteiger partial charge in [-0.1, -0.05) is 16.8 Å². The summed E-state index contributed by atoms with van der Waals surface area (Å²) in [5.74, 6) is 1.38. The number of nitrogens with zero attached hydrogens (tertiary/aromatic N) is 2. The van der Waals surface area contributed by atoms with E-state index in [4.69, 9.17) is 21.9 Å². The van der Waals surface area contributed by atoms with E-state index in [0.29, 0.717) is 42.0 Å². The molecule has 1 aromatic carbocycles. The van der Waals surface area contributed by atoms with E-state index in [-0.39, 0.29) is 11.4 Å². The van der Waals surface area contributed by atoms with E-state index in [1.807, 2.05) is 19.1 Å². The van der Waals surface area contributed by atoms with Gasteiger partial charge >= 0.3 is 0 Å². The molecule has 3 rings (SSSR count). The second kappa shape index (κ2) is 6.91. The van der Waals surface area contributed by atoms with Crippen LogP contribution in [0.1, 0.15) is 32.1 Å². The van der Waals surface area contributed by atoms with Gasteiger partial charge in [-0.3, -0.25) is 4.79 Å². The first-order valence-corrected chi connectivity index (χ1v) is 8.47. The van der Waals surface area contributed by atoms with Gasteiger partial charge in [0, 0.05) is 30.0 Å². The van der Waals surface area contributed by atoms with Gasteiger partial charge in [-0.25, -0.2) is 0 Å². The molecular formula is C17H21ClN4O2. The standard InChI is InChI=1S/C17H21ClN4O2/c1-17(10-19,12-4-5-12)21-14(23)8-9-15-20-16(22-24-15)11-2-6-13(18)7-3-11/h2-3,6-7,12H,4-5,8-10,19H2,1H3,(H,21,23). The number of rotatable bonds is 7. The molecule has 0 aliphatic heterocycles. The minimum Gasteiger partial charge on any atom is -0.349 e. The zero-order valence-electron chi connectivity index (χ0n) is 13.6. The summed E-state index contributed by atoms with van der Waals surface area (Å²) in [6.45, 7) is 2.46. The number of hydrogen-bond acceptors (Lipinski definition) is 5. The van der Waals surface area contributed by atoms with Crippen LogP contribution in [0.15, 0.2) is 28.8 Å². The van der Waals surface area contributed by atoms with Gasteiger partial charge in [0.25, 0.3) is 0 Å². The minimum absolute atomic E-state index is 0.0407. The van der Waals surface area contributed by atoms with E-state index >= 15 is 0 Å². The fraction of sp³-hybridized carbons (Fsp3) is 0.471. The average molecular weight is 349 g/mol. The van der Waals surface area contributed by atoms with Crippen molar-refractivity contribution < 1.29 is 9.32 Å². The maximum Gasteiger partial charge on any atom is 0.227 e. The fourth-order valence-electron chi connectivity index (χ4n) is 2.71. The van der Waals surface area contributed by atoms with Crippen LogP contribution in [-0.4, -0.2) is 28.1 Å². The Morgan fingerprint density at radius 1 is 1.42 bits per heavy atom. The Balaban J connectivity index is 1.55. The Labute approximate surface area is 145 Å². The molecule has 1 heterocycles. The van der Waals surface area contributed by atoms with Crippen molar-refractivity contribution in [3.63, 3.8) is 0 Å². The fourth-order valence-corrected chi connectivity index (χ4v) is 2.84. The van der Waals surface area contributed by atoms with E-state index in [2.05, 4.69) is 15.5 Å². The van der Waals surface area contributed by atoms with E-state index in [0.717, 1.165) is 18.4 Å². The van der Waals surface area contributed by atoms with Gasteiger partial charge in [-0.2, -0.15) is 4.98 Å². The smallest absolute Gasteiger partial charge is 0.227 e. The van der Waals surface area contributed by atoms with Crippen LogP contribution in [0.4, 0.5) is 0 Å². The largest absolute Gasteiger partial charge is 0.349 e. The maximum atomic E-state index is 12.2. The van der Waals surface area contributed by atoms with Crippen molar-refractivity contribution in [2.75, 3.05) is 6.54 Å². The normalized spacial score (nSPS) is 16.6. The van der Waals surface area contributed by atoms with Crippen molar-refractivity contribution in [3.05, 3.63) is 35.2 Å². The molecule has 7 heteroatoms. The summed E-state index contributed by atoms with van der Waals surface area (Å²) < 4.78 is 5.22. The number of aromatic nitrogens is 2. The highest BCUT2D eigenvalue weighted by Crippen LogP contribution is 2.39. The van der Waals surface area contributed by atoms with E-state index in [1.165, 1.54) is 0 Å². The molecule has 1 fully saturated rings. The third-order valence-corrected chi connectivity index (χ3v) is 4.72. The second-order valence-electron chi connectivity index (χ2n) is 6.46. The van der Waals surface area contributed by atoms with Crippen molar-refractivity contribution in [1.29, 1.82) is 0 Å². The summed E-state index contributed by atoms with van der Waals surface area (Å²) in [7, 11) is 0. The number of hydrogen-bond donors (Lipinski definition) is 2. The van der Waals surface area contributed by atoms with Crippen molar-refractivity contribution in [2.45, 2.75) is 38.1 Å². The van der Waals surface area contributed by atoms with Crippen LogP contribution in [0.5, 0.6) is 0 Å². The van der Waals surface area contributed by atoms with Crippen LogP contribution in [0.2, 0.25) is 5.02 Å². The van der Waals surface area contributed by atoms with Crippen molar-refractivity contribution >= 4 is 17.5 Å². The number of carbonyl (C=O) groups is 1. The lowest BCUT2D eigenvalue weighted by Gasteiger charge is -2.29. The minimum atomic E-state index is -0.305. The Bertz CT molecular complexity index is 712. The van der Waals surface area contributed by atoms with Gasteiger partial charge in [-0.05, 0) is 49.9 Å². The van der Waals surface area contributed by atoms with Crippen LogP contribution in [0, 0.1) is 5.92 Å². The molecule has 0 radical (unpaired) electrons. The van der Waals surface area contributed by atoms with Gasteiger partial charge < -0.3 is 15.6 Å². The average Bonchev–Trinajstić information content (AvgIpc) is 3.33. The van der Waals surface area contributed by atoms with Crippen molar-refractivity contribution in [3.8, 4) is 11.4 Å². The number of carbonyl (C=O) groups excluding carboxylic acids is 1.